The summed E-state index contributed by atoms with van der Waals surface area (Å²) >= 11 is 0. The first-order valence-corrected chi connectivity index (χ1v) is 11.7. The summed E-state index contributed by atoms with van der Waals surface area (Å²) in [5.41, 5.74) is 1.58. The van der Waals surface area contributed by atoms with Gasteiger partial charge < -0.3 is 10.1 Å². The van der Waals surface area contributed by atoms with E-state index < -0.39 is 0 Å². The minimum atomic E-state index is -0.282. The number of rotatable bonds is 18. The number of hydrogen-bond donors (Lipinski definition) is 1. The molecule has 0 aromatic heterocycles. The first-order valence-electron chi connectivity index (χ1n) is 11.7. The highest BCUT2D eigenvalue weighted by molar-refractivity contribution is 5.89. The topological polar surface area (TPSA) is 55.4 Å². The van der Waals surface area contributed by atoms with Crippen LogP contribution in [-0.4, -0.2) is 24.9 Å². The Morgan fingerprint density at radius 2 is 1.31 bits per heavy atom. The maximum atomic E-state index is 12.0. The molecule has 0 radical (unpaired) electrons. The molecular formula is C25H41NO3. The van der Waals surface area contributed by atoms with Crippen LogP contribution in [0.2, 0.25) is 0 Å². The molecule has 29 heavy (non-hydrogen) atoms. The van der Waals surface area contributed by atoms with Gasteiger partial charge in [0.2, 0.25) is 0 Å². The zero-order valence-electron chi connectivity index (χ0n) is 18.6. The van der Waals surface area contributed by atoms with E-state index in [9.17, 15) is 9.59 Å². The van der Waals surface area contributed by atoms with Crippen LogP contribution in [0.4, 0.5) is 5.69 Å². The smallest absolute Gasteiger partial charge is 0.338 e. The van der Waals surface area contributed by atoms with E-state index in [0.29, 0.717) is 18.0 Å². The molecule has 1 rings (SSSR count). The van der Waals surface area contributed by atoms with Crippen molar-refractivity contribution in [1.82, 2.24) is 0 Å². The summed E-state index contributed by atoms with van der Waals surface area (Å²) in [6, 6.07) is 7.37. The largest absolute Gasteiger partial charge is 0.462 e. The lowest BCUT2D eigenvalue weighted by atomic mass is 10.0. The molecule has 0 saturated heterocycles. The van der Waals surface area contributed by atoms with Crippen LogP contribution in [0.15, 0.2) is 24.3 Å². The van der Waals surface area contributed by atoms with E-state index in [4.69, 9.17) is 4.74 Å². The molecule has 164 valence electrons. The molecule has 0 spiro atoms. The van der Waals surface area contributed by atoms with Crippen molar-refractivity contribution in [2.24, 2.45) is 0 Å². The summed E-state index contributed by atoms with van der Waals surface area (Å²) in [5.74, 6) is 0.147. The van der Waals surface area contributed by atoms with Gasteiger partial charge in [-0.25, -0.2) is 4.79 Å². The fourth-order valence-electron chi connectivity index (χ4n) is 3.38. The van der Waals surface area contributed by atoms with Gasteiger partial charge in [0.1, 0.15) is 5.78 Å². The van der Waals surface area contributed by atoms with E-state index in [1.54, 1.807) is 19.1 Å². The number of carbonyl (C=O) groups excluding carboxylic acids is 2. The quantitative estimate of drug-likeness (QED) is 0.213. The second kappa shape index (κ2) is 17.1. The second-order valence-electron chi connectivity index (χ2n) is 7.80. The van der Waals surface area contributed by atoms with Crippen molar-refractivity contribution in [2.75, 3.05) is 18.5 Å². The zero-order chi connectivity index (χ0) is 21.2. The van der Waals surface area contributed by atoms with Crippen LogP contribution >= 0.6 is 0 Å². The third-order valence-corrected chi connectivity index (χ3v) is 5.17. The third kappa shape index (κ3) is 13.1. The Hall–Kier alpha value is -1.84. The molecule has 0 fully saturated rings. The molecule has 0 aliphatic heterocycles. The molecule has 4 heteroatoms. The van der Waals surface area contributed by atoms with Crippen molar-refractivity contribution >= 4 is 17.4 Å². The van der Waals surface area contributed by atoms with Gasteiger partial charge in [0, 0.05) is 25.1 Å². The molecule has 0 aliphatic rings. The molecule has 0 heterocycles. The number of unbranched alkanes of at least 4 members (excludes halogenated alkanes) is 9. The number of hydrogen-bond acceptors (Lipinski definition) is 4. The van der Waals surface area contributed by atoms with Gasteiger partial charge >= 0.3 is 5.97 Å². The normalized spacial score (nSPS) is 10.7. The Labute approximate surface area is 177 Å². The van der Waals surface area contributed by atoms with E-state index >= 15 is 0 Å². The number of esters is 1. The van der Waals surface area contributed by atoms with E-state index in [1.807, 2.05) is 12.1 Å². The van der Waals surface area contributed by atoms with Gasteiger partial charge in [-0.1, -0.05) is 58.3 Å². The van der Waals surface area contributed by atoms with Crippen LogP contribution in [0, 0.1) is 0 Å². The Bertz CT molecular complexity index is 554. The molecule has 0 bridgehead atoms. The van der Waals surface area contributed by atoms with Gasteiger partial charge in [-0.15, -0.1) is 0 Å². The maximum absolute atomic E-state index is 12.0. The number of ether oxygens (including phenoxy) is 1. The highest BCUT2D eigenvalue weighted by atomic mass is 16.5. The first kappa shape index (κ1) is 25.2. The molecule has 0 unspecified atom stereocenters. The zero-order valence-corrected chi connectivity index (χ0v) is 18.6. The summed E-state index contributed by atoms with van der Waals surface area (Å²) in [6.45, 7) is 5.32. The standard InChI is InChI=1S/C25H41NO3/c1-3-5-6-7-8-9-10-12-15-24(27)16-13-11-14-21-26-23-19-17-22(18-20-23)25(28)29-4-2/h17-20,26H,3-16,21H2,1-2H3. The van der Waals surface area contributed by atoms with E-state index in [-0.39, 0.29) is 5.97 Å². The van der Waals surface area contributed by atoms with Crippen LogP contribution in [0.3, 0.4) is 0 Å². The van der Waals surface area contributed by atoms with Gasteiger partial charge in [-0.3, -0.25) is 4.79 Å². The van der Waals surface area contributed by atoms with Crippen molar-refractivity contribution in [2.45, 2.75) is 97.3 Å². The molecule has 1 aromatic carbocycles. The lowest BCUT2D eigenvalue weighted by Gasteiger charge is -2.07. The van der Waals surface area contributed by atoms with Crippen LogP contribution in [-0.2, 0) is 9.53 Å². The SMILES string of the molecule is CCCCCCCCCCC(=O)CCCCCNc1ccc(C(=O)OCC)cc1. The Balaban J connectivity index is 1.97. The van der Waals surface area contributed by atoms with E-state index in [1.165, 1.54) is 44.9 Å². The van der Waals surface area contributed by atoms with Crippen molar-refractivity contribution in [3.8, 4) is 0 Å². The molecule has 0 saturated carbocycles. The minimum absolute atomic E-state index is 0.282. The van der Waals surface area contributed by atoms with Crippen molar-refractivity contribution < 1.29 is 14.3 Å². The van der Waals surface area contributed by atoms with Crippen LogP contribution in [0.1, 0.15) is 108 Å². The van der Waals surface area contributed by atoms with Gasteiger partial charge in [0.05, 0.1) is 12.2 Å². The number of benzene rings is 1. The molecule has 1 aromatic rings. The Kier molecular flexibility index (Phi) is 14.8. The maximum Gasteiger partial charge on any atom is 0.338 e. The number of anilines is 1. The van der Waals surface area contributed by atoms with Crippen LogP contribution in [0.25, 0.3) is 0 Å². The van der Waals surface area contributed by atoms with Crippen molar-refractivity contribution in [1.29, 1.82) is 0 Å². The molecule has 0 aliphatic carbocycles. The third-order valence-electron chi connectivity index (χ3n) is 5.17. The number of Topliss-reactive ketones (excluding diaryl/α,β-unsaturated/α-hetero) is 1. The predicted molar refractivity (Wildman–Crippen MR) is 122 cm³/mol. The predicted octanol–water partition coefficient (Wildman–Crippen LogP) is 6.94. The number of carbonyl (C=O) groups is 2. The average molecular weight is 404 g/mol. The average Bonchev–Trinajstić information content (AvgIpc) is 2.73. The fourth-order valence-corrected chi connectivity index (χ4v) is 3.38. The number of ketones is 1. The van der Waals surface area contributed by atoms with Gasteiger partial charge in [0.15, 0.2) is 0 Å². The second-order valence-corrected chi connectivity index (χ2v) is 7.80. The lowest BCUT2D eigenvalue weighted by molar-refractivity contribution is -0.119. The molecule has 0 atom stereocenters. The lowest BCUT2D eigenvalue weighted by Crippen LogP contribution is -2.05. The van der Waals surface area contributed by atoms with Crippen LogP contribution < -0.4 is 5.32 Å². The molecule has 4 nitrogen and oxygen atoms in total. The minimum Gasteiger partial charge on any atom is -0.462 e. The summed E-state index contributed by atoms with van der Waals surface area (Å²) in [6.07, 6.45) is 14.8. The molecule has 0 amide bonds. The van der Waals surface area contributed by atoms with E-state index in [2.05, 4.69) is 12.2 Å². The van der Waals surface area contributed by atoms with Crippen molar-refractivity contribution in [3.05, 3.63) is 29.8 Å². The van der Waals surface area contributed by atoms with Gasteiger partial charge in [-0.2, -0.15) is 0 Å². The van der Waals surface area contributed by atoms with Gasteiger partial charge in [0.25, 0.3) is 0 Å². The Morgan fingerprint density at radius 1 is 0.759 bits per heavy atom. The fraction of sp³-hybridized carbons (Fsp3) is 0.680. The van der Waals surface area contributed by atoms with Gasteiger partial charge in [-0.05, 0) is 50.5 Å². The first-order chi connectivity index (χ1) is 14.2. The summed E-state index contributed by atoms with van der Waals surface area (Å²) < 4.78 is 4.98. The highest BCUT2D eigenvalue weighted by Crippen LogP contribution is 2.13. The molecule has 1 N–H and O–H groups in total. The van der Waals surface area contributed by atoms with Crippen molar-refractivity contribution in [3.63, 3.8) is 0 Å². The monoisotopic (exact) mass is 403 g/mol. The molecular weight excluding hydrogens is 362 g/mol. The van der Waals surface area contributed by atoms with Crippen LogP contribution in [0.5, 0.6) is 0 Å². The Morgan fingerprint density at radius 3 is 1.90 bits per heavy atom. The highest BCUT2D eigenvalue weighted by Gasteiger charge is 2.05. The summed E-state index contributed by atoms with van der Waals surface area (Å²) in [5, 5.41) is 3.36. The summed E-state index contributed by atoms with van der Waals surface area (Å²) in [4.78, 5) is 23.6. The number of nitrogens with one attached hydrogen (secondary N) is 1. The van der Waals surface area contributed by atoms with E-state index in [0.717, 1.165) is 50.8 Å². The summed E-state index contributed by atoms with van der Waals surface area (Å²) in [7, 11) is 0.